The van der Waals surface area contributed by atoms with Gasteiger partial charge >= 0.3 is 5.97 Å². The molecule has 0 aliphatic carbocycles. The van der Waals surface area contributed by atoms with Crippen LogP contribution in [0.5, 0.6) is 5.75 Å². The van der Waals surface area contributed by atoms with Gasteiger partial charge in [0.15, 0.2) is 0 Å². The number of aryl methyl sites for hydroxylation is 1. The number of hydrogen-bond donors (Lipinski definition) is 1. The molecule has 2 aliphatic rings. The average molecular weight is 400 g/mol. The molecule has 0 unspecified atom stereocenters. The highest BCUT2D eigenvalue weighted by Crippen LogP contribution is 2.29. The van der Waals surface area contributed by atoms with Crippen LogP contribution in [0.1, 0.15) is 11.1 Å². The highest BCUT2D eigenvalue weighted by molar-refractivity contribution is 6.31. The number of carbonyl (C=O) groups excluding carboxylic acids is 2. The molecule has 1 N–H and O–H groups in total. The van der Waals surface area contributed by atoms with Crippen molar-refractivity contribution in [1.29, 1.82) is 0 Å². The molecule has 7 heteroatoms. The van der Waals surface area contributed by atoms with E-state index in [2.05, 4.69) is 21.2 Å². The van der Waals surface area contributed by atoms with E-state index in [9.17, 15) is 9.59 Å². The van der Waals surface area contributed by atoms with Crippen LogP contribution in [0.2, 0.25) is 5.02 Å². The predicted octanol–water partition coefficient (Wildman–Crippen LogP) is 2.87. The fourth-order valence-corrected chi connectivity index (χ4v) is 3.70. The first-order chi connectivity index (χ1) is 13.5. The lowest BCUT2D eigenvalue weighted by Gasteiger charge is -2.35. The lowest BCUT2D eigenvalue weighted by Crippen LogP contribution is -2.48. The second kappa shape index (κ2) is 7.81. The molecule has 0 radical (unpaired) electrons. The number of fused-ring (bicyclic) bond motifs is 1. The van der Waals surface area contributed by atoms with Crippen LogP contribution in [0.4, 0.5) is 11.4 Å². The van der Waals surface area contributed by atoms with Crippen molar-refractivity contribution in [1.82, 2.24) is 4.90 Å². The van der Waals surface area contributed by atoms with Gasteiger partial charge in [0.1, 0.15) is 5.75 Å². The molecule has 1 fully saturated rings. The number of halogens is 1. The van der Waals surface area contributed by atoms with Crippen molar-refractivity contribution >= 4 is 34.9 Å². The summed E-state index contributed by atoms with van der Waals surface area (Å²) in [6, 6.07) is 11.4. The SMILES string of the molecule is Cc1cc(N2CCN(CC(=O)Nc3ccc4c(c3)OC(=O)C4)CC2)ccc1Cl. The molecule has 2 aromatic rings. The number of nitrogens with one attached hydrogen (secondary N) is 1. The predicted molar refractivity (Wildman–Crippen MR) is 109 cm³/mol. The zero-order valence-electron chi connectivity index (χ0n) is 15.7. The van der Waals surface area contributed by atoms with Crippen LogP contribution >= 0.6 is 11.6 Å². The Kier molecular flexibility index (Phi) is 5.24. The van der Waals surface area contributed by atoms with Crippen LogP contribution in [-0.4, -0.2) is 49.5 Å². The number of carbonyl (C=O) groups is 2. The number of piperazine rings is 1. The molecule has 2 aromatic carbocycles. The molecule has 0 bridgehead atoms. The summed E-state index contributed by atoms with van der Waals surface area (Å²) in [4.78, 5) is 28.2. The highest BCUT2D eigenvalue weighted by Gasteiger charge is 2.22. The van der Waals surface area contributed by atoms with Crippen molar-refractivity contribution < 1.29 is 14.3 Å². The lowest BCUT2D eigenvalue weighted by molar-refractivity contribution is -0.131. The maximum Gasteiger partial charge on any atom is 0.315 e. The molecule has 0 atom stereocenters. The summed E-state index contributed by atoms with van der Waals surface area (Å²) in [5, 5.41) is 3.67. The van der Waals surface area contributed by atoms with E-state index in [0.717, 1.165) is 42.3 Å². The molecule has 6 nitrogen and oxygen atoms in total. The molecule has 146 valence electrons. The summed E-state index contributed by atoms with van der Waals surface area (Å²) in [5.74, 6) is 0.210. The Morgan fingerprint density at radius 3 is 2.68 bits per heavy atom. The largest absolute Gasteiger partial charge is 0.426 e. The van der Waals surface area contributed by atoms with Gasteiger partial charge in [-0.05, 0) is 36.8 Å². The normalized spacial score (nSPS) is 16.6. The minimum Gasteiger partial charge on any atom is -0.426 e. The van der Waals surface area contributed by atoms with Crippen molar-refractivity contribution in [2.45, 2.75) is 13.3 Å². The molecule has 4 rings (SSSR count). The third kappa shape index (κ3) is 4.13. The molecule has 2 aliphatic heterocycles. The third-order valence-electron chi connectivity index (χ3n) is 5.16. The fourth-order valence-electron chi connectivity index (χ4n) is 3.58. The number of anilines is 2. The maximum atomic E-state index is 12.4. The van der Waals surface area contributed by atoms with Crippen molar-refractivity contribution in [2.75, 3.05) is 42.9 Å². The van der Waals surface area contributed by atoms with Crippen LogP contribution in [0.25, 0.3) is 0 Å². The van der Waals surface area contributed by atoms with Crippen molar-refractivity contribution in [3.05, 3.63) is 52.5 Å². The van der Waals surface area contributed by atoms with Crippen molar-refractivity contribution in [3.63, 3.8) is 0 Å². The van der Waals surface area contributed by atoms with Gasteiger partial charge in [-0.1, -0.05) is 17.7 Å². The first-order valence-corrected chi connectivity index (χ1v) is 9.72. The molecule has 2 heterocycles. The van der Waals surface area contributed by atoms with Gasteiger partial charge in [-0.2, -0.15) is 0 Å². The minimum atomic E-state index is -0.257. The average Bonchev–Trinajstić information content (AvgIpc) is 3.04. The Morgan fingerprint density at radius 1 is 1.14 bits per heavy atom. The Labute approximate surface area is 169 Å². The number of benzene rings is 2. The van der Waals surface area contributed by atoms with Gasteiger partial charge in [-0.25, -0.2) is 0 Å². The van der Waals surface area contributed by atoms with Gasteiger partial charge in [-0.15, -0.1) is 0 Å². The molecule has 0 aromatic heterocycles. The maximum absolute atomic E-state index is 12.4. The summed E-state index contributed by atoms with van der Waals surface area (Å²) in [6.07, 6.45) is 0.293. The molecular formula is C21H22ClN3O3. The van der Waals surface area contributed by atoms with Gasteiger partial charge in [-0.3, -0.25) is 14.5 Å². The van der Waals surface area contributed by atoms with E-state index in [1.165, 1.54) is 5.69 Å². The van der Waals surface area contributed by atoms with Gasteiger partial charge < -0.3 is 15.0 Å². The summed E-state index contributed by atoms with van der Waals surface area (Å²) in [6.45, 7) is 5.71. The van der Waals surface area contributed by atoms with Crippen LogP contribution in [0.3, 0.4) is 0 Å². The summed E-state index contributed by atoms with van der Waals surface area (Å²) < 4.78 is 5.13. The second-order valence-electron chi connectivity index (χ2n) is 7.22. The van der Waals surface area contributed by atoms with Crippen LogP contribution in [0.15, 0.2) is 36.4 Å². The Hall–Kier alpha value is -2.57. The van der Waals surface area contributed by atoms with Crippen LogP contribution < -0.4 is 15.0 Å². The second-order valence-corrected chi connectivity index (χ2v) is 7.63. The lowest BCUT2D eigenvalue weighted by atomic mass is 10.1. The van der Waals surface area contributed by atoms with E-state index in [1.807, 2.05) is 25.1 Å². The Bertz CT molecular complexity index is 923. The zero-order valence-corrected chi connectivity index (χ0v) is 16.5. The Morgan fingerprint density at radius 2 is 1.93 bits per heavy atom. The number of amides is 1. The summed E-state index contributed by atoms with van der Waals surface area (Å²) in [7, 11) is 0. The molecule has 28 heavy (non-hydrogen) atoms. The molecule has 1 saturated heterocycles. The number of nitrogens with zero attached hydrogens (tertiary/aromatic N) is 2. The number of ether oxygens (including phenoxy) is 1. The van der Waals surface area contributed by atoms with E-state index in [4.69, 9.17) is 16.3 Å². The van der Waals surface area contributed by atoms with Crippen molar-refractivity contribution in [3.8, 4) is 5.75 Å². The van der Waals surface area contributed by atoms with Gasteiger partial charge in [0.05, 0.1) is 13.0 Å². The molecule has 0 spiro atoms. The van der Waals surface area contributed by atoms with E-state index >= 15 is 0 Å². The third-order valence-corrected chi connectivity index (χ3v) is 5.58. The Balaban J connectivity index is 1.29. The van der Waals surface area contributed by atoms with Gasteiger partial charge in [0.25, 0.3) is 0 Å². The topological polar surface area (TPSA) is 61.9 Å². The van der Waals surface area contributed by atoms with Crippen molar-refractivity contribution in [2.24, 2.45) is 0 Å². The standard InChI is InChI=1S/C21H22ClN3O3/c1-14-10-17(4-5-18(14)22)25-8-6-24(7-9-25)13-20(26)23-16-3-2-15-11-21(27)28-19(15)12-16/h2-5,10,12H,6-9,11,13H2,1H3,(H,23,26). The monoisotopic (exact) mass is 399 g/mol. The first kappa shape index (κ1) is 18.8. The fraction of sp³-hybridized carbons (Fsp3) is 0.333. The minimum absolute atomic E-state index is 0.0694. The molecule has 1 amide bonds. The van der Waals surface area contributed by atoms with E-state index in [1.54, 1.807) is 12.1 Å². The molecule has 0 saturated carbocycles. The highest BCUT2D eigenvalue weighted by atomic mass is 35.5. The quantitative estimate of drug-likeness (QED) is 0.632. The van der Waals surface area contributed by atoms with E-state index in [-0.39, 0.29) is 11.9 Å². The van der Waals surface area contributed by atoms with Crippen LogP contribution in [0, 0.1) is 6.92 Å². The van der Waals surface area contributed by atoms with E-state index in [0.29, 0.717) is 24.4 Å². The number of rotatable bonds is 4. The first-order valence-electron chi connectivity index (χ1n) is 9.35. The van der Waals surface area contributed by atoms with Gasteiger partial charge in [0, 0.05) is 54.2 Å². The van der Waals surface area contributed by atoms with Gasteiger partial charge in [0.2, 0.25) is 5.91 Å². The summed E-state index contributed by atoms with van der Waals surface area (Å²) >= 11 is 6.11. The van der Waals surface area contributed by atoms with Crippen LogP contribution in [-0.2, 0) is 16.0 Å². The smallest absolute Gasteiger partial charge is 0.315 e. The number of hydrogen-bond acceptors (Lipinski definition) is 5. The van der Waals surface area contributed by atoms with E-state index < -0.39 is 0 Å². The number of esters is 1. The zero-order chi connectivity index (χ0) is 19.7. The molecular weight excluding hydrogens is 378 g/mol. The summed E-state index contributed by atoms with van der Waals surface area (Å²) in [5.41, 5.74) is 3.74.